The molecule has 0 saturated heterocycles. The van der Waals surface area contributed by atoms with Gasteiger partial charge in [0.2, 0.25) is 0 Å². The van der Waals surface area contributed by atoms with E-state index in [1.54, 1.807) is 0 Å². The smallest absolute Gasteiger partial charge is 0.263 e. The molecule has 2 atom stereocenters. The third-order valence-electron chi connectivity index (χ3n) is 1.46. The second-order valence-corrected chi connectivity index (χ2v) is 6.15. The molecule has 1 aromatic carbocycles. The third-order valence-corrected chi connectivity index (χ3v) is 4.91. The van der Waals surface area contributed by atoms with Gasteiger partial charge in [-0.25, -0.2) is 0 Å². The number of nitrogens with one attached hydrogen (secondary N) is 2. The first-order chi connectivity index (χ1) is 6.84. The lowest BCUT2D eigenvalue weighted by atomic mass is 10.3. The highest BCUT2D eigenvalue weighted by atomic mass is 31.2. The number of aromatic amines is 2. The molecule has 0 spiro atoms. The lowest BCUT2D eigenvalue weighted by Crippen LogP contribution is -1.85. The molecule has 2 aromatic rings. The molecule has 0 fully saturated rings. The molecule has 1 heterocycles. The van der Waals surface area contributed by atoms with Gasteiger partial charge in [0, 0.05) is 14.2 Å². The molecule has 0 bridgehead atoms. The Hall–Kier alpha value is -0.880. The first kappa shape index (κ1) is 9.67. The van der Waals surface area contributed by atoms with E-state index in [2.05, 4.69) is 13.5 Å². The number of aromatic nitrogens is 3. The van der Waals surface area contributed by atoms with E-state index in [9.17, 15) is 0 Å². The second-order valence-electron chi connectivity index (χ2n) is 2.47. The van der Waals surface area contributed by atoms with Crippen molar-refractivity contribution >= 4 is 30.8 Å². The molecule has 0 amide bonds. The number of rotatable bonds is 2. The number of hydrogen-bond acceptors (Lipinski definition) is 3. The van der Waals surface area contributed by atoms with Crippen LogP contribution in [-0.2, 0) is 0 Å². The summed E-state index contributed by atoms with van der Waals surface area (Å²) in [6.07, 6.45) is 0. The first-order valence-corrected chi connectivity index (χ1v) is 6.90. The largest absolute Gasteiger partial charge is 0.416 e. The highest BCUT2D eigenvalue weighted by Crippen LogP contribution is 2.27. The minimum atomic E-state index is -0.886. The van der Waals surface area contributed by atoms with Gasteiger partial charge in [-0.1, -0.05) is 0 Å². The maximum Gasteiger partial charge on any atom is 0.263 e. The van der Waals surface area contributed by atoms with E-state index in [1.807, 2.05) is 24.3 Å². The van der Waals surface area contributed by atoms with Crippen molar-refractivity contribution in [1.29, 1.82) is 0 Å². The van der Waals surface area contributed by atoms with Gasteiger partial charge < -0.3 is 14.8 Å². The van der Waals surface area contributed by atoms with Gasteiger partial charge in [-0.15, -0.1) is 4.51 Å². The Morgan fingerprint density at radius 1 is 1.43 bits per heavy atom. The van der Waals surface area contributed by atoms with Crippen molar-refractivity contribution < 1.29 is 4.52 Å². The minimum Gasteiger partial charge on any atom is -0.416 e. The van der Waals surface area contributed by atoms with Crippen LogP contribution in [0.2, 0.25) is 0 Å². The summed E-state index contributed by atoms with van der Waals surface area (Å²) in [5.41, 5.74) is 6.30. The summed E-state index contributed by atoms with van der Waals surface area (Å²) in [6.45, 7) is 0. The predicted octanol–water partition coefficient (Wildman–Crippen LogP) is 2.88. The van der Waals surface area contributed by atoms with Crippen LogP contribution in [0.1, 0.15) is 0 Å². The zero-order chi connectivity index (χ0) is 9.80. The summed E-state index contributed by atoms with van der Waals surface area (Å²) in [4.78, 5) is 0. The van der Waals surface area contributed by atoms with Crippen molar-refractivity contribution in [1.82, 2.24) is 13.5 Å². The normalized spacial score (nSPS) is 12.1. The molecule has 8 heteroatoms. The molecule has 2 unspecified atom stereocenters. The number of hydrogen-bond donors (Lipinski definition) is 3. The summed E-state index contributed by atoms with van der Waals surface area (Å²) in [6, 6.07) is 7.31. The van der Waals surface area contributed by atoms with Crippen LogP contribution in [-0.4, -0.2) is 13.5 Å². The fraction of sp³-hybridized carbons (Fsp3) is 0. The molecule has 0 aliphatic carbocycles. The Morgan fingerprint density at radius 2 is 2.21 bits per heavy atom. The zero-order valence-corrected chi connectivity index (χ0v) is 9.93. The Kier molecular flexibility index (Phi) is 3.15. The molecule has 74 valence electrons. The van der Waals surface area contributed by atoms with Crippen LogP contribution in [0.5, 0.6) is 5.75 Å². The average Bonchev–Trinajstić information content (AvgIpc) is 2.23. The molecule has 0 aliphatic rings. The zero-order valence-electron chi connectivity index (χ0n) is 7.14. The Bertz CT molecular complexity index is 409. The topological polar surface area (TPSA) is 79.7 Å². The van der Waals surface area contributed by atoms with E-state index in [0.29, 0.717) is 8.51 Å². The molecule has 0 aliphatic heterocycles. The average molecular weight is 246 g/mol. The molecule has 2 rings (SSSR count). The fourth-order valence-electron chi connectivity index (χ4n) is 0.853. The van der Waals surface area contributed by atoms with Crippen LogP contribution in [0.25, 0.3) is 0 Å². The Morgan fingerprint density at radius 3 is 2.86 bits per heavy atom. The van der Waals surface area contributed by atoms with Gasteiger partial charge in [-0.05, 0) is 24.3 Å². The molecule has 14 heavy (non-hydrogen) atoms. The van der Waals surface area contributed by atoms with Crippen molar-refractivity contribution in [3.63, 3.8) is 0 Å². The van der Waals surface area contributed by atoms with Crippen LogP contribution < -0.4 is 10.3 Å². The van der Waals surface area contributed by atoms with Gasteiger partial charge in [0.1, 0.15) is 14.3 Å². The van der Waals surface area contributed by atoms with E-state index >= 15 is 0 Å². The van der Waals surface area contributed by atoms with Crippen molar-refractivity contribution in [3.8, 4) is 5.75 Å². The molecule has 0 radical (unpaired) electrons. The highest BCUT2D eigenvalue weighted by molar-refractivity contribution is 7.50. The van der Waals surface area contributed by atoms with Gasteiger partial charge in [0.05, 0.1) is 0 Å². The first-order valence-electron chi connectivity index (χ1n) is 3.84. The SMILES string of the molecule is Nc1ccc(Op2np[nH][pH][nH]2)cc1. The lowest BCUT2D eigenvalue weighted by Gasteiger charge is -2.03. The monoisotopic (exact) mass is 246 g/mol. The van der Waals surface area contributed by atoms with Crippen LogP contribution in [0.4, 0.5) is 5.69 Å². The predicted molar refractivity (Wildman–Crippen MR) is 62.2 cm³/mol. The number of nitrogens with two attached hydrogens (primary N) is 1. The highest BCUT2D eigenvalue weighted by Gasteiger charge is 1.96. The maximum absolute atomic E-state index is 5.60. The Balaban J connectivity index is 2.16. The van der Waals surface area contributed by atoms with Crippen LogP contribution in [0.15, 0.2) is 24.3 Å². The van der Waals surface area contributed by atoms with Crippen LogP contribution >= 0.6 is 25.1 Å². The summed E-state index contributed by atoms with van der Waals surface area (Å²) >= 11 is 0. The van der Waals surface area contributed by atoms with E-state index in [0.717, 1.165) is 19.9 Å². The quantitative estimate of drug-likeness (QED) is 0.712. The minimum absolute atomic E-state index is 0.504. The summed E-state index contributed by atoms with van der Waals surface area (Å²) in [7, 11) is 0.501. The molecule has 0 saturated carbocycles. The van der Waals surface area contributed by atoms with E-state index in [4.69, 9.17) is 10.3 Å². The number of anilines is 1. The maximum atomic E-state index is 5.60. The number of H-pyrrole nitrogens is 2. The van der Waals surface area contributed by atoms with E-state index in [-0.39, 0.29) is 0 Å². The molecule has 4 N–H and O–H groups in total. The molecule has 5 nitrogen and oxygen atoms in total. The van der Waals surface area contributed by atoms with Gasteiger partial charge >= 0.3 is 0 Å². The van der Waals surface area contributed by atoms with Gasteiger partial charge in [0.15, 0.2) is 0 Å². The summed E-state index contributed by atoms with van der Waals surface area (Å²) in [5, 5.41) is 0. The number of benzene rings is 1. The van der Waals surface area contributed by atoms with Crippen LogP contribution in [0.3, 0.4) is 0 Å². The standard InChI is InChI=1S/C6H9N4OP3/c7-5-1-3-6(4-2-5)11-14-9-12-8-13-10-14/h1-4,9,12H,7H2,(H,8,10). The fourth-order valence-corrected chi connectivity index (χ4v) is 4.22. The van der Waals surface area contributed by atoms with Crippen molar-refractivity contribution in [2.75, 3.05) is 5.73 Å². The molecule has 1 aromatic heterocycles. The number of nitrogen functional groups attached to an aromatic ring is 1. The van der Waals surface area contributed by atoms with Crippen LogP contribution in [0, 0.1) is 0 Å². The van der Waals surface area contributed by atoms with Gasteiger partial charge in [0.25, 0.3) is 8.08 Å². The number of nitrogens with zero attached hydrogens (tertiary/aromatic N) is 1. The molecular weight excluding hydrogens is 237 g/mol. The molecular formula is C6H9N4OP3. The lowest BCUT2D eigenvalue weighted by molar-refractivity contribution is 0.624. The third kappa shape index (κ3) is 2.55. The Labute approximate surface area is 85.1 Å². The summed E-state index contributed by atoms with van der Waals surface area (Å²) < 4.78 is 16.0. The van der Waals surface area contributed by atoms with Crippen molar-refractivity contribution in [2.45, 2.75) is 0 Å². The second kappa shape index (κ2) is 4.56. The van der Waals surface area contributed by atoms with Gasteiger partial charge in [-0.2, -0.15) is 0 Å². The van der Waals surface area contributed by atoms with Crippen molar-refractivity contribution in [3.05, 3.63) is 24.3 Å². The van der Waals surface area contributed by atoms with E-state index in [1.165, 1.54) is 0 Å². The summed E-state index contributed by atoms with van der Waals surface area (Å²) in [5.74, 6) is 0.795. The van der Waals surface area contributed by atoms with E-state index < -0.39 is 8.08 Å². The van der Waals surface area contributed by atoms with Gasteiger partial charge in [-0.3, -0.25) is 4.51 Å². The van der Waals surface area contributed by atoms with Crippen molar-refractivity contribution in [2.24, 2.45) is 0 Å².